The zero-order valence-electron chi connectivity index (χ0n) is 10.9. The van der Waals surface area contributed by atoms with E-state index in [0.717, 1.165) is 17.7 Å². The second-order valence-electron chi connectivity index (χ2n) is 4.89. The Morgan fingerprint density at radius 3 is 2.40 bits per heavy atom. The van der Waals surface area contributed by atoms with Gasteiger partial charge < -0.3 is 22.8 Å². The molecule has 3 rings (SSSR count). The van der Waals surface area contributed by atoms with E-state index in [-0.39, 0.29) is 18.3 Å². The largest absolute Gasteiger partial charge is 1.00 e. The first-order valence-corrected chi connectivity index (χ1v) is 6.46. The topological polar surface area (TPSA) is 53.9 Å². The number of aliphatic carboxylic acids is 1. The average molecular weight is 290 g/mol. The van der Waals surface area contributed by atoms with Crippen molar-refractivity contribution in [2.24, 2.45) is 0 Å². The van der Waals surface area contributed by atoms with E-state index in [4.69, 9.17) is 0 Å². The molecule has 2 aromatic carbocycles. The monoisotopic (exact) mass is 289 g/mol. The van der Waals surface area contributed by atoms with Crippen LogP contribution in [0.1, 0.15) is 22.6 Å². The molecule has 0 radical (unpaired) electrons. The summed E-state index contributed by atoms with van der Waals surface area (Å²) >= 11 is 0. The maximum absolute atomic E-state index is 11.5. The number of fused-ring (bicyclic) bond motifs is 1. The third-order valence-electron chi connectivity index (χ3n) is 3.78. The molecule has 0 saturated heterocycles. The van der Waals surface area contributed by atoms with Crippen molar-refractivity contribution < 1.29 is 27.6 Å². The van der Waals surface area contributed by atoms with Crippen LogP contribution < -0.4 is 17.7 Å². The molecule has 0 aliphatic carbocycles. The molecule has 1 aliphatic heterocycles. The van der Waals surface area contributed by atoms with Crippen LogP contribution in [-0.4, -0.2) is 17.1 Å². The molecule has 3 nitrogen and oxygen atoms in total. The molecule has 3 N–H and O–H groups in total. The van der Waals surface area contributed by atoms with Crippen molar-refractivity contribution in [2.45, 2.75) is 18.5 Å². The highest BCUT2D eigenvalue weighted by molar-refractivity contribution is 5.74. The lowest BCUT2D eigenvalue weighted by atomic mass is 9.80. The van der Waals surface area contributed by atoms with Crippen molar-refractivity contribution >= 4 is 5.97 Å². The number of halogens is 1. The van der Waals surface area contributed by atoms with Crippen LogP contribution in [0.3, 0.4) is 0 Å². The molecular formula is C16H16ClNO2. The van der Waals surface area contributed by atoms with Crippen molar-refractivity contribution in [3.05, 3.63) is 71.3 Å². The summed E-state index contributed by atoms with van der Waals surface area (Å²) in [7, 11) is 0. The molecule has 0 saturated carbocycles. The molecule has 0 spiro atoms. The molecule has 0 amide bonds. The second-order valence-corrected chi connectivity index (χ2v) is 4.89. The Morgan fingerprint density at radius 1 is 1.05 bits per heavy atom. The molecule has 2 atom stereocenters. The molecule has 2 aromatic rings. The summed E-state index contributed by atoms with van der Waals surface area (Å²) in [4.78, 5) is 11.5. The highest BCUT2D eigenvalue weighted by atomic mass is 35.5. The van der Waals surface area contributed by atoms with Gasteiger partial charge in [0.2, 0.25) is 0 Å². The number of carboxylic acids is 1. The van der Waals surface area contributed by atoms with E-state index in [1.165, 1.54) is 5.56 Å². The van der Waals surface area contributed by atoms with Crippen LogP contribution in [0, 0.1) is 0 Å². The molecule has 20 heavy (non-hydrogen) atoms. The van der Waals surface area contributed by atoms with Gasteiger partial charge in [-0.3, -0.25) is 0 Å². The van der Waals surface area contributed by atoms with Gasteiger partial charge in [0.25, 0.3) is 0 Å². The minimum Gasteiger partial charge on any atom is -1.00 e. The fourth-order valence-electron chi connectivity index (χ4n) is 2.90. The van der Waals surface area contributed by atoms with Gasteiger partial charge in [0.05, 0.1) is 5.92 Å². The summed E-state index contributed by atoms with van der Waals surface area (Å²) in [5.41, 5.74) is 3.44. The van der Waals surface area contributed by atoms with Gasteiger partial charge in [-0.1, -0.05) is 54.6 Å². The van der Waals surface area contributed by atoms with Crippen LogP contribution >= 0.6 is 0 Å². The van der Waals surface area contributed by atoms with Gasteiger partial charge in [0.15, 0.2) is 6.04 Å². The molecule has 0 fully saturated rings. The fourth-order valence-corrected chi connectivity index (χ4v) is 2.90. The van der Waals surface area contributed by atoms with Crippen molar-refractivity contribution in [3.63, 3.8) is 0 Å². The van der Waals surface area contributed by atoms with Gasteiger partial charge in [-0.15, -0.1) is 0 Å². The Hall–Kier alpha value is -1.84. The molecule has 0 unspecified atom stereocenters. The summed E-state index contributed by atoms with van der Waals surface area (Å²) in [6, 6.07) is 17.6. The van der Waals surface area contributed by atoms with Gasteiger partial charge in [-0.2, -0.15) is 0 Å². The summed E-state index contributed by atoms with van der Waals surface area (Å²) in [5, 5.41) is 11.4. The Kier molecular flexibility index (Phi) is 4.42. The zero-order chi connectivity index (χ0) is 13.2. The third kappa shape index (κ3) is 2.55. The number of rotatable bonds is 2. The molecule has 0 aromatic heterocycles. The van der Waals surface area contributed by atoms with E-state index in [1.807, 2.05) is 47.8 Å². The quantitative estimate of drug-likeness (QED) is 0.696. The van der Waals surface area contributed by atoms with Crippen LogP contribution in [0.25, 0.3) is 0 Å². The van der Waals surface area contributed by atoms with Crippen molar-refractivity contribution in [1.82, 2.24) is 0 Å². The average Bonchev–Trinajstić information content (AvgIpc) is 2.46. The summed E-state index contributed by atoms with van der Waals surface area (Å²) in [6.45, 7) is 0.733. The van der Waals surface area contributed by atoms with Crippen LogP contribution in [0.15, 0.2) is 54.6 Å². The number of hydrogen-bond donors (Lipinski definition) is 2. The van der Waals surface area contributed by atoms with Crippen molar-refractivity contribution in [3.8, 4) is 0 Å². The van der Waals surface area contributed by atoms with Crippen molar-refractivity contribution in [1.29, 1.82) is 0 Å². The highest BCUT2D eigenvalue weighted by Gasteiger charge is 2.38. The van der Waals surface area contributed by atoms with Gasteiger partial charge in [0, 0.05) is 5.56 Å². The van der Waals surface area contributed by atoms with Crippen LogP contribution in [0.2, 0.25) is 0 Å². The minimum absolute atomic E-state index is 0. The highest BCUT2D eigenvalue weighted by Crippen LogP contribution is 2.31. The first-order chi connectivity index (χ1) is 9.27. The van der Waals surface area contributed by atoms with E-state index >= 15 is 0 Å². The lowest BCUT2D eigenvalue weighted by Crippen LogP contribution is -3.00. The normalized spacial score (nSPS) is 20.6. The number of carboxylic acid groups (broad SMARTS) is 1. The standard InChI is InChI=1S/C16H15NO2.ClH/c18-16(19)15-14(11-6-2-1-3-7-11)13-9-5-4-8-12(13)10-17-15;/h1-9,14-15,17H,10H2,(H,18,19);1H/t14-,15-;/m1./s1. The molecule has 1 aliphatic rings. The maximum Gasteiger partial charge on any atom is 0.363 e. The van der Waals surface area contributed by atoms with Crippen LogP contribution in [0.5, 0.6) is 0 Å². The van der Waals surface area contributed by atoms with Crippen LogP contribution in [0.4, 0.5) is 0 Å². The minimum atomic E-state index is -0.747. The van der Waals surface area contributed by atoms with Gasteiger partial charge in [-0.05, 0) is 11.1 Å². The number of benzene rings is 2. The van der Waals surface area contributed by atoms with Gasteiger partial charge in [-0.25, -0.2) is 4.79 Å². The first kappa shape index (κ1) is 14.6. The predicted molar refractivity (Wildman–Crippen MR) is 71.8 cm³/mol. The molecule has 104 valence electrons. The number of carbonyl (C=O) groups is 1. The van der Waals surface area contributed by atoms with E-state index in [2.05, 4.69) is 12.1 Å². The summed E-state index contributed by atoms with van der Waals surface area (Å²) in [5.74, 6) is -0.827. The lowest BCUT2D eigenvalue weighted by molar-refractivity contribution is -0.698. The number of quaternary nitrogens is 1. The predicted octanol–water partition coefficient (Wildman–Crippen LogP) is -1.65. The Bertz CT molecular complexity index is 600. The van der Waals surface area contributed by atoms with Crippen LogP contribution in [-0.2, 0) is 11.3 Å². The maximum atomic E-state index is 11.5. The van der Waals surface area contributed by atoms with E-state index < -0.39 is 12.0 Å². The summed E-state index contributed by atoms with van der Waals surface area (Å²) < 4.78 is 0. The Labute approximate surface area is 124 Å². The van der Waals surface area contributed by atoms with E-state index in [9.17, 15) is 9.90 Å². The third-order valence-corrected chi connectivity index (χ3v) is 3.78. The summed E-state index contributed by atoms with van der Waals surface area (Å²) in [6.07, 6.45) is 0. The number of nitrogens with two attached hydrogens (primary N) is 1. The molecule has 4 heteroatoms. The second kappa shape index (κ2) is 6.07. The fraction of sp³-hybridized carbons (Fsp3) is 0.188. The van der Waals surface area contributed by atoms with E-state index in [0.29, 0.717) is 0 Å². The zero-order valence-corrected chi connectivity index (χ0v) is 11.6. The lowest BCUT2D eigenvalue weighted by Gasteiger charge is -2.29. The van der Waals surface area contributed by atoms with Gasteiger partial charge >= 0.3 is 5.97 Å². The van der Waals surface area contributed by atoms with Crippen molar-refractivity contribution in [2.75, 3.05) is 0 Å². The smallest absolute Gasteiger partial charge is 0.363 e. The molecule has 1 heterocycles. The Morgan fingerprint density at radius 2 is 1.70 bits per heavy atom. The van der Waals surface area contributed by atoms with Gasteiger partial charge in [0.1, 0.15) is 6.54 Å². The number of hydrogen-bond acceptors (Lipinski definition) is 1. The Balaban J connectivity index is 0.00000147. The first-order valence-electron chi connectivity index (χ1n) is 6.46. The molecular weight excluding hydrogens is 274 g/mol. The SMILES string of the molecule is O=C(O)[C@@H]1[NH2+]Cc2ccccc2[C@H]1c1ccccc1.[Cl-]. The van der Waals surface area contributed by atoms with E-state index in [1.54, 1.807) is 0 Å². The molecule has 0 bridgehead atoms.